The van der Waals surface area contributed by atoms with Crippen molar-refractivity contribution in [2.24, 2.45) is 0 Å². The minimum Gasteiger partial charge on any atom is -0.486 e. The van der Waals surface area contributed by atoms with Crippen molar-refractivity contribution >= 4 is 0 Å². The molecule has 0 amide bonds. The second kappa shape index (κ2) is 8.79. The van der Waals surface area contributed by atoms with Gasteiger partial charge >= 0.3 is 0 Å². The Morgan fingerprint density at radius 3 is 2.21 bits per heavy atom. The predicted molar refractivity (Wildman–Crippen MR) is 106 cm³/mol. The van der Waals surface area contributed by atoms with Gasteiger partial charge < -0.3 is 4.74 Å². The molecule has 0 aliphatic rings. The third kappa shape index (κ3) is 4.45. The van der Waals surface area contributed by atoms with Crippen LogP contribution in [0, 0.1) is 24.4 Å². The Kier molecular flexibility index (Phi) is 6.19. The van der Waals surface area contributed by atoms with E-state index in [9.17, 15) is 13.2 Å². The summed E-state index contributed by atoms with van der Waals surface area (Å²) >= 11 is 0. The summed E-state index contributed by atoms with van der Waals surface area (Å²) in [6, 6.07) is 15.4. The zero-order chi connectivity index (χ0) is 20.1. The Morgan fingerprint density at radius 1 is 0.857 bits per heavy atom. The van der Waals surface area contributed by atoms with E-state index in [1.807, 2.05) is 18.2 Å². The van der Waals surface area contributed by atoms with E-state index in [0.29, 0.717) is 17.5 Å². The van der Waals surface area contributed by atoms with Crippen LogP contribution in [0.3, 0.4) is 0 Å². The van der Waals surface area contributed by atoms with Crippen LogP contribution in [-0.4, -0.2) is 6.61 Å². The van der Waals surface area contributed by atoms with Crippen LogP contribution in [-0.2, 0) is 12.8 Å². The Morgan fingerprint density at radius 2 is 1.54 bits per heavy atom. The molecule has 0 fully saturated rings. The van der Waals surface area contributed by atoms with Crippen molar-refractivity contribution in [2.75, 3.05) is 6.61 Å². The Labute approximate surface area is 163 Å². The van der Waals surface area contributed by atoms with Crippen LogP contribution < -0.4 is 4.74 Å². The van der Waals surface area contributed by atoms with Gasteiger partial charge in [-0.25, -0.2) is 8.78 Å². The number of ether oxygens (including phenoxy) is 1. The maximum Gasteiger partial charge on any atom is 0.201 e. The molecule has 0 heterocycles. The lowest BCUT2D eigenvalue weighted by Gasteiger charge is -2.10. The van der Waals surface area contributed by atoms with Gasteiger partial charge in [0, 0.05) is 5.56 Å². The fraction of sp³-hybridized carbons (Fsp3) is 0.167. The van der Waals surface area contributed by atoms with Crippen molar-refractivity contribution in [1.82, 2.24) is 0 Å². The van der Waals surface area contributed by atoms with E-state index < -0.39 is 11.6 Å². The van der Waals surface area contributed by atoms with Gasteiger partial charge in [0.15, 0.2) is 11.6 Å². The number of hydrogen-bond donors (Lipinski definition) is 0. The molecular formula is C24H21F3O. The predicted octanol–water partition coefficient (Wildman–Crippen LogP) is 6.43. The highest BCUT2D eigenvalue weighted by Crippen LogP contribution is 2.30. The van der Waals surface area contributed by atoms with Crippen molar-refractivity contribution in [1.29, 1.82) is 0 Å². The number of hydrogen-bond acceptors (Lipinski definition) is 1. The first-order chi connectivity index (χ1) is 13.5. The molecule has 1 nitrogen and oxygen atoms in total. The third-order valence-corrected chi connectivity index (χ3v) is 4.61. The van der Waals surface area contributed by atoms with E-state index >= 15 is 0 Å². The fourth-order valence-corrected chi connectivity index (χ4v) is 2.95. The summed E-state index contributed by atoms with van der Waals surface area (Å²) < 4.78 is 47.3. The lowest BCUT2D eigenvalue weighted by Crippen LogP contribution is -1.99. The van der Waals surface area contributed by atoms with Gasteiger partial charge in [0.25, 0.3) is 0 Å². The minimum absolute atomic E-state index is 0.106. The second-order valence-corrected chi connectivity index (χ2v) is 6.62. The highest BCUT2D eigenvalue weighted by Gasteiger charge is 2.15. The molecule has 0 aliphatic carbocycles. The lowest BCUT2D eigenvalue weighted by atomic mass is 9.99. The molecule has 3 aromatic carbocycles. The molecule has 0 atom stereocenters. The maximum atomic E-state index is 14.4. The zero-order valence-electron chi connectivity index (χ0n) is 15.6. The van der Waals surface area contributed by atoms with Gasteiger partial charge in [0.2, 0.25) is 5.82 Å². The minimum atomic E-state index is -1.01. The highest BCUT2D eigenvalue weighted by molar-refractivity contribution is 5.65. The van der Waals surface area contributed by atoms with E-state index in [1.165, 1.54) is 18.2 Å². The molecule has 4 heteroatoms. The SMILES string of the molecule is C=CCOc1ccc(-c2ccc(CCc3ccc(C)c(F)c3)cc2)c(F)c1F. The molecule has 3 rings (SSSR count). The first-order valence-corrected chi connectivity index (χ1v) is 9.05. The van der Waals surface area contributed by atoms with Crippen LogP contribution in [0.25, 0.3) is 11.1 Å². The highest BCUT2D eigenvalue weighted by atomic mass is 19.2. The molecule has 0 unspecified atom stereocenters. The van der Waals surface area contributed by atoms with E-state index in [0.717, 1.165) is 17.5 Å². The van der Waals surface area contributed by atoms with Crippen LogP contribution in [0.4, 0.5) is 13.2 Å². The molecule has 144 valence electrons. The molecule has 28 heavy (non-hydrogen) atoms. The van der Waals surface area contributed by atoms with Crippen LogP contribution in [0.2, 0.25) is 0 Å². The summed E-state index contributed by atoms with van der Waals surface area (Å²) in [5, 5.41) is 0. The van der Waals surface area contributed by atoms with Crippen LogP contribution in [0.5, 0.6) is 5.75 Å². The lowest BCUT2D eigenvalue weighted by molar-refractivity contribution is 0.333. The Balaban J connectivity index is 1.72. The largest absolute Gasteiger partial charge is 0.486 e. The molecule has 0 saturated carbocycles. The van der Waals surface area contributed by atoms with Crippen molar-refractivity contribution in [3.05, 3.63) is 101 Å². The molecule has 0 spiro atoms. The van der Waals surface area contributed by atoms with Crippen LogP contribution in [0.15, 0.2) is 67.3 Å². The van der Waals surface area contributed by atoms with E-state index in [2.05, 4.69) is 6.58 Å². The summed E-state index contributed by atoms with van der Waals surface area (Å²) in [6.45, 7) is 5.32. The zero-order valence-corrected chi connectivity index (χ0v) is 15.6. The van der Waals surface area contributed by atoms with E-state index in [-0.39, 0.29) is 23.7 Å². The molecule has 0 aliphatic heterocycles. The molecule has 0 bridgehead atoms. The summed E-state index contributed by atoms with van der Waals surface area (Å²) in [5.41, 5.74) is 3.35. The van der Waals surface area contributed by atoms with Gasteiger partial charge in [-0.2, -0.15) is 4.39 Å². The number of halogens is 3. The van der Waals surface area contributed by atoms with Gasteiger partial charge in [0.1, 0.15) is 12.4 Å². The van der Waals surface area contributed by atoms with Gasteiger partial charge in [-0.3, -0.25) is 0 Å². The third-order valence-electron chi connectivity index (χ3n) is 4.61. The molecule has 0 radical (unpaired) electrons. The van der Waals surface area contributed by atoms with Crippen molar-refractivity contribution < 1.29 is 17.9 Å². The molecule has 0 N–H and O–H groups in total. The average Bonchev–Trinajstić information content (AvgIpc) is 2.70. The number of aryl methyl sites for hydroxylation is 3. The van der Waals surface area contributed by atoms with Crippen molar-refractivity contribution in [3.63, 3.8) is 0 Å². The Bertz CT molecular complexity index is 978. The molecule has 0 aromatic heterocycles. The average molecular weight is 382 g/mol. The first kappa shape index (κ1) is 19.7. The molecule has 0 saturated heterocycles. The summed E-state index contributed by atoms with van der Waals surface area (Å²) in [5.74, 6) is -2.29. The van der Waals surface area contributed by atoms with Gasteiger partial charge in [-0.15, -0.1) is 0 Å². The first-order valence-electron chi connectivity index (χ1n) is 9.05. The molecular weight excluding hydrogens is 361 g/mol. The molecule has 3 aromatic rings. The topological polar surface area (TPSA) is 9.23 Å². The van der Waals surface area contributed by atoms with Crippen LogP contribution >= 0.6 is 0 Å². The Hall–Kier alpha value is -3.01. The van der Waals surface area contributed by atoms with Crippen molar-refractivity contribution in [2.45, 2.75) is 19.8 Å². The van der Waals surface area contributed by atoms with Gasteiger partial charge in [0.05, 0.1) is 0 Å². The van der Waals surface area contributed by atoms with Gasteiger partial charge in [-0.1, -0.05) is 49.1 Å². The standard InChI is InChI=1S/C24H21F3O/c1-3-14-28-22-13-12-20(23(26)24(22)27)19-10-8-17(9-11-19)6-7-18-5-4-16(2)21(25)15-18/h3-5,8-13,15H,1,6-7,14H2,2H3. The fourth-order valence-electron chi connectivity index (χ4n) is 2.95. The summed E-state index contributed by atoms with van der Waals surface area (Å²) in [7, 11) is 0. The monoisotopic (exact) mass is 382 g/mol. The summed E-state index contributed by atoms with van der Waals surface area (Å²) in [6.07, 6.45) is 2.90. The van der Waals surface area contributed by atoms with E-state index in [4.69, 9.17) is 4.74 Å². The quantitative estimate of drug-likeness (QED) is 0.428. The smallest absolute Gasteiger partial charge is 0.201 e. The van der Waals surface area contributed by atoms with Gasteiger partial charge in [-0.05, 0) is 60.2 Å². The number of benzene rings is 3. The maximum absolute atomic E-state index is 14.4. The number of rotatable bonds is 7. The second-order valence-electron chi connectivity index (χ2n) is 6.62. The van der Waals surface area contributed by atoms with Crippen molar-refractivity contribution in [3.8, 4) is 16.9 Å². The van der Waals surface area contributed by atoms with E-state index in [1.54, 1.807) is 31.2 Å². The summed E-state index contributed by atoms with van der Waals surface area (Å²) in [4.78, 5) is 0. The normalized spacial score (nSPS) is 10.7. The van der Waals surface area contributed by atoms with Crippen LogP contribution in [0.1, 0.15) is 16.7 Å².